The Hall–Kier alpha value is -3.18. The molecule has 2 aromatic carbocycles. The Labute approximate surface area is 150 Å². The van der Waals surface area contributed by atoms with Crippen molar-refractivity contribution in [3.63, 3.8) is 0 Å². The number of nitrogens with one attached hydrogen (secondary N) is 1. The van der Waals surface area contributed by atoms with Crippen molar-refractivity contribution in [1.82, 2.24) is 9.97 Å². The Morgan fingerprint density at radius 1 is 1.44 bits per heavy atom. The molecule has 0 unspecified atom stereocenters. The monoisotopic (exact) mass is 398 g/mol. The third-order valence-corrected chi connectivity index (χ3v) is 4.19. The molecular weight excluding hydrogens is 388 g/mol. The van der Waals surface area contributed by atoms with E-state index in [1.807, 2.05) is 31.2 Å². The van der Waals surface area contributed by atoms with Crippen LogP contribution in [-0.2, 0) is 0 Å². The van der Waals surface area contributed by atoms with E-state index < -0.39 is 16.4 Å². The lowest BCUT2D eigenvalue weighted by molar-refractivity contribution is -0.386. The number of nitro groups is 1. The number of fused-ring (bicyclic) bond motifs is 1. The second-order valence-corrected chi connectivity index (χ2v) is 6.26. The number of nitrogens with zero attached hydrogens (tertiary/aromatic N) is 3. The Balaban J connectivity index is 2.11. The van der Waals surface area contributed by atoms with E-state index in [2.05, 4.69) is 25.9 Å². The molecule has 0 fully saturated rings. The highest BCUT2D eigenvalue weighted by molar-refractivity contribution is 9.10. The van der Waals surface area contributed by atoms with Gasteiger partial charge in [0.2, 0.25) is 5.75 Å². The van der Waals surface area contributed by atoms with Crippen LogP contribution >= 0.6 is 15.9 Å². The van der Waals surface area contributed by atoms with Crippen LogP contribution in [0.4, 0.5) is 5.69 Å². The number of rotatable bonds is 3. The fourth-order valence-electron chi connectivity index (χ4n) is 2.40. The number of hydrogen-bond acceptors (Lipinski definition) is 5. The first-order valence-corrected chi connectivity index (χ1v) is 7.94. The first kappa shape index (κ1) is 16.7. The average Bonchev–Trinajstić information content (AvgIpc) is 2.98. The lowest BCUT2D eigenvalue weighted by Gasteiger charge is -2.02. The summed E-state index contributed by atoms with van der Waals surface area (Å²) >= 11 is 3.08. The highest BCUT2D eigenvalue weighted by atomic mass is 79.9. The molecule has 1 aromatic heterocycles. The molecule has 2 N–H and O–H groups in total. The summed E-state index contributed by atoms with van der Waals surface area (Å²) in [6.45, 7) is 1.95. The second kappa shape index (κ2) is 6.37. The summed E-state index contributed by atoms with van der Waals surface area (Å²) in [5.41, 5.74) is 2.75. The molecule has 0 spiro atoms. The van der Waals surface area contributed by atoms with Gasteiger partial charge >= 0.3 is 5.69 Å². The number of nitriles is 1. The molecule has 25 heavy (non-hydrogen) atoms. The fraction of sp³-hybridized carbons (Fsp3) is 0.0588. The third-order valence-electron chi connectivity index (χ3n) is 3.59. The number of H-pyrrole nitrogens is 1. The Morgan fingerprint density at radius 3 is 2.88 bits per heavy atom. The van der Waals surface area contributed by atoms with Gasteiger partial charge in [-0.2, -0.15) is 5.26 Å². The molecule has 0 bridgehead atoms. The largest absolute Gasteiger partial charge is 0.501 e. The van der Waals surface area contributed by atoms with Crippen molar-refractivity contribution in [2.24, 2.45) is 0 Å². The number of phenolic OH excluding ortho intramolecular Hbond substituents is 1. The number of aryl methyl sites for hydroxylation is 1. The Bertz CT molecular complexity index is 1080. The van der Waals surface area contributed by atoms with Crippen LogP contribution in [-0.4, -0.2) is 20.0 Å². The second-order valence-electron chi connectivity index (χ2n) is 5.40. The number of allylic oxidation sites excluding steroid dienone is 1. The van der Waals surface area contributed by atoms with Gasteiger partial charge in [-0.05, 0) is 58.3 Å². The van der Waals surface area contributed by atoms with Crippen LogP contribution < -0.4 is 0 Å². The molecule has 1 heterocycles. The first-order chi connectivity index (χ1) is 11.9. The summed E-state index contributed by atoms with van der Waals surface area (Å²) in [5.74, 6) is -0.0881. The van der Waals surface area contributed by atoms with E-state index in [0.29, 0.717) is 11.4 Å². The zero-order chi connectivity index (χ0) is 18.1. The highest BCUT2D eigenvalue weighted by Gasteiger charge is 2.18. The molecule has 124 valence electrons. The number of aromatic hydroxyl groups is 1. The van der Waals surface area contributed by atoms with E-state index in [1.165, 1.54) is 18.2 Å². The number of hydrogen-bond donors (Lipinski definition) is 2. The lowest BCUT2D eigenvalue weighted by Crippen LogP contribution is -1.91. The minimum atomic E-state index is -0.687. The molecule has 0 aliphatic rings. The van der Waals surface area contributed by atoms with Crippen LogP contribution in [0.5, 0.6) is 5.75 Å². The van der Waals surface area contributed by atoms with Gasteiger partial charge in [-0.1, -0.05) is 6.07 Å². The van der Waals surface area contributed by atoms with E-state index in [0.717, 1.165) is 16.6 Å². The minimum absolute atomic E-state index is 0.172. The zero-order valence-corrected chi connectivity index (χ0v) is 14.5. The van der Waals surface area contributed by atoms with Crippen molar-refractivity contribution in [2.75, 3.05) is 0 Å². The van der Waals surface area contributed by atoms with Crippen molar-refractivity contribution < 1.29 is 10.0 Å². The van der Waals surface area contributed by atoms with Gasteiger partial charge < -0.3 is 10.1 Å². The molecular formula is C17H11BrN4O3. The van der Waals surface area contributed by atoms with Gasteiger partial charge in [0.1, 0.15) is 11.9 Å². The fourth-order valence-corrected chi connectivity index (χ4v) is 2.87. The summed E-state index contributed by atoms with van der Waals surface area (Å²) in [5, 5.41) is 30.2. The quantitative estimate of drug-likeness (QED) is 0.387. The predicted molar refractivity (Wildman–Crippen MR) is 96.8 cm³/mol. The number of imidazole rings is 1. The third kappa shape index (κ3) is 3.22. The predicted octanol–water partition coefficient (Wildman–Crippen LogP) is 4.31. The van der Waals surface area contributed by atoms with Crippen molar-refractivity contribution in [2.45, 2.75) is 6.92 Å². The molecule has 0 saturated carbocycles. The van der Waals surface area contributed by atoms with Crippen LogP contribution in [0, 0.1) is 28.4 Å². The summed E-state index contributed by atoms with van der Waals surface area (Å²) in [7, 11) is 0. The van der Waals surface area contributed by atoms with Crippen LogP contribution in [0.25, 0.3) is 22.7 Å². The van der Waals surface area contributed by atoms with Gasteiger partial charge in [-0.3, -0.25) is 10.1 Å². The Kier molecular flexibility index (Phi) is 4.25. The smallest absolute Gasteiger partial charge is 0.312 e. The van der Waals surface area contributed by atoms with E-state index in [9.17, 15) is 20.5 Å². The maximum Gasteiger partial charge on any atom is 0.312 e. The van der Waals surface area contributed by atoms with Crippen molar-refractivity contribution >= 4 is 44.3 Å². The lowest BCUT2D eigenvalue weighted by atomic mass is 10.1. The summed E-state index contributed by atoms with van der Waals surface area (Å²) in [6, 6.07) is 10.4. The van der Waals surface area contributed by atoms with Crippen LogP contribution in [0.3, 0.4) is 0 Å². The van der Waals surface area contributed by atoms with Gasteiger partial charge in [-0.15, -0.1) is 0 Å². The standard InChI is InChI=1S/C17H11BrN4O3/c1-9-2-3-13-14(4-9)21-17(20-13)11(8-19)5-10-6-12(18)16(23)15(7-10)22(24)25/h2-7,23H,1H3,(H,20,21)/b11-5+. The molecule has 0 aliphatic heterocycles. The van der Waals surface area contributed by atoms with Gasteiger partial charge in [-0.25, -0.2) is 4.98 Å². The highest BCUT2D eigenvalue weighted by Crippen LogP contribution is 2.36. The first-order valence-electron chi connectivity index (χ1n) is 7.14. The van der Waals surface area contributed by atoms with E-state index in [1.54, 1.807) is 0 Å². The van der Waals surface area contributed by atoms with Crippen molar-refractivity contribution in [3.05, 3.63) is 61.9 Å². The maximum atomic E-state index is 11.0. The number of benzene rings is 2. The molecule has 8 heteroatoms. The number of nitro benzene ring substituents is 1. The SMILES string of the molecule is Cc1ccc2nc(/C(C#N)=C/c3cc(Br)c(O)c([N+](=O)[O-])c3)[nH]c2c1. The van der Waals surface area contributed by atoms with E-state index >= 15 is 0 Å². The van der Waals surface area contributed by atoms with Gasteiger partial charge in [0.05, 0.1) is 26.0 Å². The van der Waals surface area contributed by atoms with E-state index in [-0.39, 0.29) is 10.0 Å². The summed E-state index contributed by atoms with van der Waals surface area (Å²) < 4.78 is 0.172. The zero-order valence-electron chi connectivity index (χ0n) is 12.9. The number of aromatic nitrogens is 2. The normalized spacial score (nSPS) is 11.5. The van der Waals surface area contributed by atoms with Crippen molar-refractivity contribution in [3.8, 4) is 11.8 Å². The summed E-state index contributed by atoms with van der Waals surface area (Å²) in [6.07, 6.45) is 1.47. The molecule has 3 rings (SSSR count). The summed E-state index contributed by atoms with van der Waals surface area (Å²) in [4.78, 5) is 17.8. The van der Waals surface area contributed by atoms with Crippen LogP contribution in [0.2, 0.25) is 0 Å². The maximum absolute atomic E-state index is 11.0. The van der Waals surface area contributed by atoms with Gasteiger partial charge in [0, 0.05) is 6.07 Å². The number of phenols is 1. The topological polar surface area (TPSA) is 116 Å². The molecule has 0 amide bonds. The molecule has 7 nitrogen and oxygen atoms in total. The molecule has 0 aliphatic carbocycles. The molecule has 0 saturated heterocycles. The Morgan fingerprint density at radius 2 is 2.20 bits per heavy atom. The minimum Gasteiger partial charge on any atom is -0.501 e. The van der Waals surface area contributed by atoms with Crippen LogP contribution in [0.1, 0.15) is 17.0 Å². The number of halogens is 1. The molecule has 0 radical (unpaired) electrons. The van der Waals surface area contributed by atoms with E-state index in [4.69, 9.17) is 0 Å². The average molecular weight is 399 g/mol. The van der Waals surface area contributed by atoms with Gasteiger partial charge in [0.25, 0.3) is 0 Å². The van der Waals surface area contributed by atoms with Crippen molar-refractivity contribution in [1.29, 1.82) is 5.26 Å². The number of aromatic amines is 1. The molecule has 3 aromatic rings. The van der Waals surface area contributed by atoms with Gasteiger partial charge in [0.15, 0.2) is 0 Å². The molecule has 0 atom stereocenters. The van der Waals surface area contributed by atoms with Crippen LogP contribution in [0.15, 0.2) is 34.8 Å².